The van der Waals surface area contributed by atoms with Crippen LogP contribution in [-0.4, -0.2) is 15.7 Å². The molecule has 12 heavy (non-hydrogen) atoms. The van der Waals surface area contributed by atoms with Crippen molar-refractivity contribution in [2.75, 3.05) is 0 Å². The summed E-state index contributed by atoms with van der Waals surface area (Å²) >= 11 is 3.23. The molecule has 1 atom stereocenters. The molecule has 0 radical (unpaired) electrons. The molecule has 0 aromatic carbocycles. The molecule has 0 bridgehead atoms. The van der Waals surface area contributed by atoms with E-state index in [9.17, 15) is 4.79 Å². The van der Waals surface area contributed by atoms with Crippen LogP contribution in [0.1, 0.15) is 13.0 Å². The van der Waals surface area contributed by atoms with E-state index in [0.29, 0.717) is 0 Å². The van der Waals surface area contributed by atoms with E-state index in [4.69, 9.17) is 5.84 Å². The van der Waals surface area contributed by atoms with Gasteiger partial charge in [-0.05, 0) is 22.9 Å². The second-order valence-corrected chi connectivity index (χ2v) is 3.24. The van der Waals surface area contributed by atoms with Crippen molar-refractivity contribution in [3.05, 3.63) is 16.9 Å². The zero-order valence-corrected chi connectivity index (χ0v) is 8.08. The van der Waals surface area contributed by atoms with E-state index in [2.05, 4.69) is 26.5 Å². The molecule has 0 saturated carbocycles. The molecule has 6 heteroatoms. The van der Waals surface area contributed by atoms with Crippen LogP contribution in [0.25, 0.3) is 0 Å². The van der Waals surface area contributed by atoms with Gasteiger partial charge in [-0.1, -0.05) is 0 Å². The maximum atomic E-state index is 11.0. The zero-order chi connectivity index (χ0) is 9.14. The van der Waals surface area contributed by atoms with E-state index < -0.39 is 0 Å². The summed E-state index contributed by atoms with van der Waals surface area (Å²) in [6, 6.07) is -0.388. The summed E-state index contributed by atoms with van der Waals surface area (Å²) in [7, 11) is 0. The van der Waals surface area contributed by atoms with Gasteiger partial charge in [-0.2, -0.15) is 5.10 Å². The molecule has 0 spiro atoms. The quantitative estimate of drug-likeness (QED) is 0.435. The van der Waals surface area contributed by atoms with Gasteiger partial charge in [0.15, 0.2) is 0 Å². The number of carbonyl (C=O) groups is 1. The van der Waals surface area contributed by atoms with Crippen LogP contribution in [0.2, 0.25) is 0 Å². The largest absolute Gasteiger partial charge is 0.292 e. The lowest BCUT2D eigenvalue weighted by Crippen LogP contribution is -2.36. The minimum atomic E-state index is -0.388. The Labute approximate surface area is 78.0 Å². The highest BCUT2D eigenvalue weighted by molar-refractivity contribution is 9.10. The van der Waals surface area contributed by atoms with Gasteiger partial charge in [0.2, 0.25) is 0 Å². The molecule has 1 rings (SSSR count). The van der Waals surface area contributed by atoms with E-state index >= 15 is 0 Å². The molecule has 0 unspecified atom stereocenters. The van der Waals surface area contributed by atoms with Crippen molar-refractivity contribution in [2.24, 2.45) is 5.84 Å². The molecule has 1 heterocycles. The number of carbonyl (C=O) groups excluding carboxylic acids is 1. The van der Waals surface area contributed by atoms with Crippen LogP contribution in [0.15, 0.2) is 16.9 Å². The molecular weight excluding hydrogens is 224 g/mol. The fourth-order valence-corrected chi connectivity index (χ4v) is 1.07. The van der Waals surface area contributed by atoms with Gasteiger partial charge in [-0.15, -0.1) is 0 Å². The maximum Gasteiger partial charge on any atom is 0.258 e. The average Bonchev–Trinajstić information content (AvgIpc) is 2.49. The minimum absolute atomic E-state index is 0.273. The molecule has 1 aromatic heterocycles. The highest BCUT2D eigenvalue weighted by Crippen LogP contribution is 2.10. The Morgan fingerprint density at radius 3 is 3.00 bits per heavy atom. The van der Waals surface area contributed by atoms with Crippen molar-refractivity contribution in [3.63, 3.8) is 0 Å². The van der Waals surface area contributed by atoms with Gasteiger partial charge in [-0.3, -0.25) is 14.9 Å². The molecule has 66 valence electrons. The van der Waals surface area contributed by atoms with Gasteiger partial charge < -0.3 is 0 Å². The number of nitrogens with one attached hydrogen (secondary N) is 1. The number of nitrogens with two attached hydrogens (primary N) is 1. The lowest BCUT2D eigenvalue weighted by Gasteiger charge is -2.08. The first-order valence-corrected chi connectivity index (χ1v) is 4.14. The Balaban J connectivity index is 2.77. The molecule has 0 aliphatic heterocycles. The summed E-state index contributed by atoms with van der Waals surface area (Å²) in [5.41, 5.74) is 2.06. The van der Waals surface area contributed by atoms with Crippen LogP contribution in [0, 0.1) is 0 Å². The number of hydrogen-bond donors (Lipinski definition) is 2. The van der Waals surface area contributed by atoms with Crippen molar-refractivity contribution < 1.29 is 4.79 Å². The Morgan fingerprint density at radius 2 is 2.58 bits per heavy atom. The summed E-state index contributed by atoms with van der Waals surface area (Å²) < 4.78 is 2.35. The molecule has 1 aromatic rings. The third-order valence-corrected chi connectivity index (χ3v) is 1.90. The predicted molar refractivity (Wildman–Crippen MR) is 47.0 cm³/mol. The van der Waals surface area contributed by atoms with E-state index in [1.165, 1.54) is 4.68 Å². The monoisotopic (exact) mass is 232 g/mol. The normalized spacial score (nSPS) is 12.6. The van der Waals surface area contributed by atoms with E-state index in [1.54, 1.807) is 19.3 Å². The number of nitrogens with zero attached hydrogens (tertiary/aromatic N) is 2. The van der Waals surface area contributed by atoms with E-state index in [0.717, 1.165) is 4.47 Å². The predicted octanol–water partition coefficient (Wildman–Crippen LogP) is 0.197. The third-order valence-electron chi connectivity index (χ3n) is 1.49. The fourth-order valence-electron chi connectivity index (χ4n) is 0.767. The first-order chi connectivity index (χ1) is 5.65. The van der Waals surface area contributed by atoms with E-state index in [1.807, 2.05) is 0 Å². The van der Waals surface area contributed by atoms with Crippen molar-refractivity contribution in [2.45, 2.75) is 13.0 Å². The zero-order valence-electron chi connectivity index (χ0n) is 6.49. The van der Waals surface area contributed by atoms with Crippen molar-refractivity contribution in [1.29, 1.82) is 0 Å². The topological polar surface area (TPSA) is 72.9 Å². The van der Waals surface area contributed by atoms with Gasteiger partial charge in [-0.25, -0.2) is 5.84 Å². The molecule has 5 nitrogen and oxygen atoms in total. The Bertz CT molecular complexity index is 285. The van der Waals surface area contributed by atoms with Crippen molar-refractivity contribution in [3.8, 4) is 0 Å². The number of rotatable bonds is 2. The second-order valence-electron chi connectivity index (χ2n) is 2.32. The molecule has 3 N–H and O–H groups in total. The SMILES string of the molecule is C[C@H](C(=O)NN)n1cc(Br)cn1. The summed E-state index contributed by atoms with van der Waals surface area (Å²) in [4.78, 5) is 11.0. The number of aromatic nitrogens is 2. The van der Waals surface area contributed by atoms with Gasteiger partial charge in [0, 0.05) is 6.20 Å². The summed E-state index contributed by atoms with van der Waals surface area (Å²) in [5, 5.41) is 3.94. The Morgan fingerprint density at radius 1 is 1.92 bits per heavy atom. The molecular formula is C6H9BrN4O. The number of hydrogen-bond acceptors (Lipinski definition) is 3. The number of amides is 1. The van der Waals surface area contributed by atoms with Crippen LogP contribution < -0.4 is 11.3 Å². The first kappa shape index (κ1) is 9.21. The smallest absolute Gasteiger partial charge is 0.258 e. The number of halogens is 1. The summed E-state index contributed by atoms with van der Waals surface area (Å²) in [6.45, 7) is 1.71. The molecule has 0 aliphatic rings. The van der Waals surface area contributed by atoms with Gasteiger partial charge in [0.05, 0.1) is 10.7 Å². The van der Waals surface area contributed by atoms with Crippen molar-refractivity contribution in [1.82, 2.24) is 15.2 Å². The maximum absolute atomic E-state index is 11.0. The lowest BCUT2D eigenvalue weighted by molar-refractivity contribution is -0.124. The molecule has 0 fully saturated rings. The fraction of sp³-hybridized carbons (Fsp3) is 0.333. The molecule has 0 saturated heterocycles. The number of hydrazine groups is 1. The highest BCUT2D eigenvalue weighted by atomic mass is 79.9. The van der Waals surface area contributed by atoms with Gasteiger partial charge in [0.25, 0.3) is 5.91 Å². The van der Waals surface area contributed by atoms with Gasteiger partial charge >= 0.3 is 0 Å². The second kappa shape index (κ2) is 3.68. The van der Waals surface area contributed by atoms with Crippen LogP contribution in [0.4, 0.5) is 0 Å². The van der Waals surface area contributed by atoms with Crippen LogP contribution in [0.3, 0.4) is 0 Å². The Hall–Kier alpha value is -0.880. The van der Waals surface area contributed by atoms with Crippen LogP contribution in [-0.2, 0) is 4.79 Å². The third kappa shape index (κ3) is 1.83. The Kier molecular flexibility index (Phi) is 2.83. The van der Waals surface area contributed by atoms with Crippen LogP contribution in [0.5, 0.6) is 0 Å². The standard InChI is InChI=1S/C6H9BrN4O/c1-4(6(12)10-8)11-3-5(7)2-9-11/h2-4H,8H2,1H3,(H,10,12)/t4-/m1/s1. The first-order valence-electron chi connectivity index (χ1n) is 3.35. The van der Waals surface area contributed by atoms with Crippen LogP contribution >= 0.6 is 15.9 Å². The molecule has 0 aliphatic carbocycles. The summed E-state index contributed by atoms with van der Waals surface area (Å²) in [5.74, 6) is 4.69. The van der Waals surface area contributed by atoms with E-state index in [-0.39, 0.29) is 11.9 Å². The molecule has 1 amide bonds. The average molecular weight is 233 g/mol. The summed E-state index contributed by atoms with van der Waals surface area (Å²) in [6.07, 6.45) is 3.32. The minimum Gasteiger partial charge on any atom is -0.292 e. The lowest BCUT2D eigenvalue weighted by atomic mass is 10.3. The van der Waals surface area contributed by atoms with Crippen molar-refractivity contribution >= 4 is 21.8 Å². The van der Waals surface area contributed by atoms with Gasteiger partial charge in [0.1, 0.15) is 6.04 Å². The highest BCUT2D eigenvalue weighted by Gasteiger charge is 2.13.